The van der Waals surface area contributed by atoms with Crippen LogP contribution >= 0.6 is 31.3 Å². The Labute approximate surface area is 438 Å². The first-order valence-corrected chi connectivity index (χ1v) is 33.1. The van der Waals surface area contributed by atoms with Gasteiger partial charge in [0, 0.05) is 19.3 Å². The van der Waals surface area contributed by atoms with Gasteiger partial charge in [-0.2, -0.15) is 0 Å². The van der Waals surface area contributed by atoms with Gasteiger partial charge in [0.1, 0.15) is 48.5 Å². The Hall–Kier alpha value is -1.03. The fraction of sp³-hybridized carbons (Fsp3) is 0.936. The van der Waals surface area contributed by atoms with Gasteiger partial charge in [0.05, 0.1) is 19.6 Å². The van der Waals surface area contributed by atoms with E-state index in [1.807, 2.05) is 6.92 Å². The minimum Gasteiger partial charge on any atom is -0.466 e. The number of ketones is 1. The van der Waals surface area contributed by atoms with Crippen LogP contribution in [-0.2, 0) is 64.7 Å². The molecule has 23 nitrogen and oxygen atoms in total. The van der Waals surface area contributed by atoms with Crippen LogP contribution in [0.1, 0.15) is 226 Å². The summed E-state index contributed by atoms with van der Waals surface area (Å²) in [6.07, 6.45) is 13.5. The number of carbonyl (C=O) groups excluding carboxylic acids is 3. The van der Waals surface area contributed by atoms with Crippen molar-refractivity contribution >= 4 is 49.0 Å². The molecule has 1 fully saturated rings. The molecule has 0 aromatic rings. The molecule has 1 rings (SSSR count). The number of phosphoric acid groups is 4. The highest BCUT2D eigenvalue weighted by Gasteiger charge is 2.59. The average Bonchev–Trinajstić information content (AvgIpc) is 3.29. The molecule has 1 aliphatic rings. The Morgan fingerprint density at radius 2 is 0.784 bits per heavy atom. The molecule has 27 heteroatoms. The Morgan fingerprint density at radius 1 is 0.419 bits per heavy atom. The van der Waals surface area contributed by atoms with Crippen LogP contribution < -0.4 is 0 Å². The molecule has 0 aliphatic heterocycles. The summed E-state index contributed by atoms with van der Waals surface area (Å²) >= 11 is 0. The van der Waals surface area contributed by atoms with E-state index in [1.54, 1.807) is 0 Å². The number of esters is 2. The lowest BCUT2D eigenvalue weighted by Gasteiger charge is -2.45. The second kappa shape index (κ2) is 40.2. The summed E-state index contributed by atoms with van der Waals surface area (Å²) in [6, 6.07) is 0. The van der Waals surface area contributed by atoms with Gasteiger partial charge < -0.3 is 53.9 Å². The summed E-state index contributed by atoms with van der Waals surface area (Å²) in [5.41, 5.74) is 0. The molecule has 0 spiro atoms. The van der Waals surface area contributed by atoms with Crippen molar-refractivity contribution < 1.29 is 109 Å². The van der Waals surface area contributed by atoms with E-state index in [9.17, 15) is 77.1 Å². The summed E-state index contributed by atoms with van der Waals surface area (Å²) in [5, 5.41) is 21.9. The van der Waals surface area contributed by atoms with Crippen LogP contribution in [0.4, 0.5) is 0 Å². The first-order valence-electron chi connectivity index (χ1n) is 27.0. The molecule has 0 saturated heterocycles. The highest BCUT2D eigenvalue weighted by Crippen LogP contribution is 2.53. The van der Waals surface area contributed by atoms with Gasteiger partial charge in [-0.1, -0.05) is 174 Å². The minimum atomic E-state index is -5.80. The largest absolute Gasteiger partial charge is 0.472 e. The number of rotatable bonds is 48. The van der Waals surface area contributed by atoms with Crippen LogP contribution in [0, 0.1) is 0 Å². The lowest BCUT2D eigenvalue weighted by molar-refractivity contribution is -0.209. The predicted molar refractivity (Wildman–Crippen MR) is 273 cm³/mol. The van der Waals surface area contributed by atoms with Crippen LogP contribution in [-0.4, -0.2) is 118 Å². The average molecular weight is 1150 g/mol. The van der Waals surface area contributed by atoms with Crippen molar-refractivity contribution in [3.63, 3.8) is 0 Å². The molecule has 0 amide bonds. The summed E-state index contributed by atoms with van der Waals surface area (Å²) in [4.78, 5) is 105. The Balaban J connectivity index is 2.78. The fourth-order valence-electron chi connectivity index (χ4n) is 8.70. The fourth-order valence-corrected chi connectivity index (χ4v) is 11.4. The van der Waals surface area contributed by atoms with Crippen molar-refractivity contribution in [3.05, 3.63) is 0 Å². The molecule has 0 aromatic carbocycles. The zero-order valence-electron chi connectivity index (χ0n) is 43.8. The Bertz CT molecular complexity index is 1670. The van der Waals surface area contributed by atoms with Crippen molar-refractivity contribution in [1.82, 2.24) is 0 Å². The summed E-state index contributed by atoms with van der Waals surface area (Å²) in [6.45, 7) is 3.22. The molecule has 8 atom stereocenters. The maximum absolute atomic E-state index is 13.3. The van der Waals surface area contributed by atoms with Gasteiger partial charge in [-0.25, -0.2) is 18.3 Å². The van der Waals surface area contributed by atoms with Crippen molar-refractivity contribution in [2.24, 2.45) is 0 Å². The molecule has 438 valence electrons. The minimum absolute atomic E-state index is 0.0395. The maximum Gasteiger partial charge on any atom is 0.472 e. The van der Waals surface area contributed by atoms with Crippen LogP contribution in [0.2, 0.25) is 0 Å². The van der Waals surface area contributed by atoms with E-state index < -0.39 is 99.0 Å². The van der Waals surface area contributed by atoms with Crippen molar-refractivity contribution in [2.45, 2.75) is 268 Å². The molecular formula is C47H92O23P4. The summed E-state index contributed by atoms with van der Waals surface area (Å²) < 4.78 is 82.3. The number of aliphatic hydroxyl groups excluding tert-OH is 2. The normalized spacial score (nSPS) is 20.8. The molecular weight excluding hydrogens is 1060 g/mol. The van der Waals surface area contributed by atoms with Gasteiger partial charge in [-0.05, 0) is 25.7 Å². The number of aliphatic hydroxyl groups is 2. The number of Topliss-reactive ketones (excluding diaryl/α,β-unsaturated/α-hetero) is 1. The molecule has 74 heavy (non-hydrogen) atoms. The summed E-state index contributed by atoms with van der Waals surface area (Å²) in [5.74, 6) is -1.24. The second-order valence-corrected chi connectivity index (χ2v) is 24.4. The first-order chi connectivity index (χ1) is 34.9. The van der Waals surface area contributed by atoms with Crippen molar-refractivity contribution in [2.75, 3.05) is 13.2 Å². The number of hydrogen-bond acceptors (Lipinski definition) is 16. The van der Waals surface area contributed by atoms with E-state index in [0.717, 1.165) is 77.0 Å². The number of unbranched alkanes of at least 4 members (excludes halogenated alkanes) is 26. The first kappa shape index (κ1) is 71.0. The summed E-state index contributed by atoms with van der Waals surface area (Å²) in [7, 11) is -23.1. The lowest BCUT2D eigenvalue weighted by Crippen LogP contribution is -2.65. The second-order valence-electron chi connectivity index (χ2n) is 19.4. The third-order valence-corrected chi connectivity index (χ3v) is 15.1. The molecule has 0 radical (unpaired) electrons. The number of ether oxygens (including phenoxy) is 2. The van der Waals surface area contributed by atoms with Crippen LogP contribution in [0.3, 0.4) is 0 Å². The van der Waals surface area contributed by atoms with E-state index in [-0.39, 0.29) is 13.0 Å². The quantitative estimate of drug-likeness (QED) is 0.0155. The van der Waals surface area contributed by atoms with E-state index in [0.29, 0.717) is 37.9 Å². The molecule has 0 heterocycles. The highest BCUT2D eigenvalue weighted by molar-refractivity contribution is 7.47. The zero-order valence-corrected chi connectivity index (χ0v) is 47.4. The lowest BCUT2D eigenvalue weighted by atomic mass is 9.85. The van der Waals surface area contributed by atoms with Gasteiger partial charge in [0.2, 0.25) is 0 Å². The van der Waals surface area contributed by atoms with Gasteiger partial charge in [0.25, 0.3) is 0 Å². The van der Waals surface area contributed by atoms with Crippen molar-refractivity contribution in [3.8, 4) is 0 Å². The van der Waals surface area contributed by atoms with Gasteiger partial charge in [-0.15, -0.1) is 0 Å². The van der Waals surface area contributed by atoms with Crippen LogP contribution in [0.5, 0.6) is 0 Å². The van der Waals surface area contributed by atoms with Crippen LogP contribution in [0.15, 0.2) is 0 Å². The maximum atomic E-state index is 13.3. The number of hydrogen-bond donors (Lipinski definition) is 9. The Morgan fingerprint density at radius 3 is 1.18 bits per heavy atom. The highest BCUT2D eigenvalue weighted by atomic mass is 31.2. The van der Waals surface area contributed by atoms with Crippen molar-refractivity contribution in [1.29, 1.82) is 0 Å². The molecule has 0 aromatic heterocycles. The smallest absolute Gasteiger partial charge is 0.466 e. The number of carbonyl (C=O) groups is 3. The molecule has 0 bridgehead atoms. The third kappa shape index (κ3) is 37.7. The van der Waals surface area contributed by atoms with Gasteiger partial charge >= 0.3 is 43.2 Å². The number of phosphoric ester groups is 4. The molecule has 4 unspecified atom stereocenters. The zero-order chi connectivity index (χ0) is 55.5. The molecule has 1 saturated carbocycles. The SMILES string of the molecule is CCCCCCCCCCCCCCCC(=O)O[C@@H](COP(=O)(O)OC1C(O)[C@H](OP(=O)(O)O)C(OP(=O)(O)O)[C@H](OP(=O)(O)O)[C@@H]1O)CC(=O)OCCCCCCCCCCCCCCCCCC(=O)CCC. The van der Waals surface area contributed by atoms with Crippen LogP contribution in [0.25, 0.3) is 0 Å². The topological polar surface area (TPSA) is 366 Å². The monoisotopic (exact) mass is 1150 g/mol. The predicted octanol–water partition coefficient (Wildman–Crippen LogP) is 9.59. The van der Waals surface area contributed by atoms with E-state index in [2.05, 4.69) is 20.5 Å². The van der Waals surface area contributed by atoms with E-state index >= 15 is 0 Å². The molecule has 1 aliphatic carbocycles. The van der Waals surface area contributed by atoms with E-state index in [1.165, 1.54) is 89.9 Å². The Kier molecular flexibility index (Phi) is 38.6. The third-order valence-electron chi connectivity index (χ3n) is 12.5. The van der Waals surface area contributed by atoms with E-state index in [4.69, 9.17) is 18.5 Å². The van der Waals surface area contributed by atoms with Gasteiger partial charge in [0.15, 0.2) is 0 Å². The molecule has 9 N–H and O–H groups in total. The standard InChI is InChI=1S/C47H92O23P4/c1-3-5-6-7-8-9-10-14-18-21-24-27-30-34-40(49)66-39(36-41(50)64-35-31-28-25-22-19-16-13-11-12-15-17-20-23-26-29-33-38(48)32-4-2)37-65-74(62,63)70-44-42(51)45(67-71(53,54)55)47(69-73(59,60)61)46(43(44)52)68-72(56,57)58/h39,42-47,51-52H,3-37H2,1-2H3,(H,62,63)(H2,53,54,55)(H2,56,57,58)(H2,59,60,61)/t39-,42-,43?,44?,45-,46+,47?/m1/s1. The van der Waals surface area contributed by atoms with Gasteiger partial charge in [-0.3, -0.25) is 37.0 Å².